The molecule has 0 heterocycles. The maximum atomic E-state index is 13.0. The lowest BCUT2D eigenvalue weighted by Gasteiger charge is -2.23. The Morgan fingerprint density at radius 2 is 1.76 bits per heavy atom. The van der Waals surface area contributed by atoms with Crippen molar-refractivity contribution in [2.75, 3.05) is 19.5 Å². The normalized spacial score (nSPS) is 13.0. The van der Waals surface area contributed by atoms with E-state index in [4.69, 9.17) is 21.1 Å². The summed E-state index contributed by atoms with van der Waals surface area (Å²) in [5.41, 5.74) is 1.52. The Balaban J connectivity index is 2.34. The van der Waals surface area contributed by atoms with Crippen molar-refractivity contribution in [3.63, 3.8) is 0 Å². The number of halogens is 1. The van der Waals surface area contributed by atoms with Crippen molar-refractivity contribution >= 4 is 23.2 Å². The molecule has 0 saturated carbocycles. The molecule has 0 aliphatic heterocycles. The molecule has 0 aliphatic carbocycles. The highest BCUT2D eigenvalue weighted by molar-refractivity contribution is 6.32. The minimum absolute atomic E-state index is 0.0833. The van der Waals surface area contributed by atoms with Crippen LogP contribution in [0.3, 0.4) is 0 Å². The maximum Gasteiger partial charge on any atom is 0.232 e. The molecule has 0 bridgehead atoms. The highest BCUT2D eigenvalue weighted by Crippen LogP contribution is 2.37. The van der Waals surface area contributed by atoms with E-state index in [9.17, 15) is 4.79 Å². The van der Waals surface area contributed by atoms with Crippen LogP contribution in [-0.2, 0) is 4.79 Å². The van der Waals surface area contributed by atoms with Crippen LogP contribution in [0.4, 0.5) is 5.69 Å². The number of hydrogen-bond donors (Lipinski definition) is 1. The second-order valence-electron chi connectivity index (χ2n) is 5.95. The molecule has 2 unspecified atom stereocenters. The standard InChI is InChI=1S/C20H24ClNO3/c1-5-13(2)19(14-9-7-6-8-10-14)20(23)22-16-11-15(21)17(24-3)12-18(16)25-4/h6-13,19H,5H2,1-4H3,(H,22,23). The summed E-state index contributed by atoms with van der Waals surface area (Å²) >= 11 is 6.20. The van der Waals surface area contributed by atoms with E-state index in [0.717, 1.165) is 12.0 Å². The molecule has 0 spiro atoms. The molecule has 0 saturated heterocycles. The Kier molecular flexibility index (Phi) is 6.71. The molecule has 1 amide bonds. The molecule has 2 aromatic rings. The number of benzene rings is 2. The number of amides is 1. The summed E-state index contributed by atoms with van der Waals surface area (Å²) in [5, 5.41) is 3.38. The van der Waals surface area contributed by atoms with Gasteiger partial charge in [-0.1, -0.05) is 62.2 Å². The van der Waals surface area contributed by atoms with Gasteiger partial charge in [0.25, 0.3) is 0 Å². The van der Waals surface area contributed by atoms with Crippen LogP contribution in [0.2, 0.25) is 5.02 Å². The Morgan fingerprint density at radius 1 is 1.12 bits per heavy atom. The minimum atomic E-state index is -0.253. The predicted molar refractivity (Wildman–Crippen MR) is 102 cm³/mol. The molecule has 0 aromatic heterocycles. The molecular weight excluding hydrogens is 338 g/mol. The van der Waals surface area contributed by atoms with Crippen molar-refractivity contribution in [3.05, 3.63) is 53.1 Å². The first-order valence-electron chi connectivity index (χ1n) is 8.29. The van der Waals surface area contributed by atoms with Gasteiger partial charge in [0.15, 0.2) is 0 Å². The predicted octanol–water partition coefficient (Wildman–Crippen LogP) is 5.13. The number of carbonyl (C=O) groups excluding carboxylic acids is 1. The fourth-order valence-electron chi connectivity index (χ4n) is 2.80. The average molecular weight is 362 g/mol. The van der Waals surface area contributed by atoms with Crippen LogP contribution in [-0.4, -0.2) is 20.1 Å². The van der Waals surface area contributed by atoms with Gasteiger partial charge in [0, 0.05) is 6.07 Å². The van der Waals surface area contributed by atoms with Crippen molar-refractivity contribution in [1.29, 1.82) is 0 Å². The molecule has 0 aliphatic rings. The van der Waals surface area contributed by atoms with Gasteiger partial charge in [-0.05, 0) is 17.5 Å². The summed E-state index contributed by atoms with van der Waals surface area (Å²) in [6.07, 6.45) is 0.896. The highest BCUT2D eigenvalue weighted by Gasteiger charge is 2.26. The third-order valence-corrected chi connectivity index (χ3v) is 4.68. The summed E-state index contributed by atoms with van der Waals surface area (Å²) in [4.78, 5) is 13.0. The highest BCUT2D eigenvalue weighted by atomic mass is 35.5. The first-order valence-corrected chi connectivity index (χ1v) is 8.66. The number of rotatable bonds is 7. The third-order valence-electron chi connectivity index (χ3n) is 4.39. The molecular formula is C20H24ClNO3. The van der Waals surface area contributed by atoms with Gasteiger partial charge in [0.2, 0.25) is 5.91 Å². The quantitative estimate of drug-likeness (QED) is 0.744. The van der Waals surface area contributed by atoms with E-state index in [1.165, 1.54) is 7.11 Å². The molecule has 134 valence electrons. The molecule has 0 fully saturated rings. The Labute approximate surface area is 154 Å². The fraction of sp³-hybridized carbons (Fsp3) is 0.350. The van der Waals surface area contributed by atoms with Gasteiger partial charge in [-0.25, -0.2) is 0 Å². The first kappa shape index (κ1) is 19.1. The van der Waals surface area contributed by atoms with Crippen molar-refractivity contribution < 1.29 is 14.3 Å². The van der Waals surface area contributed by atoms with E-state index < -0.39 is 0 Å². The zero-order valence-electron chi connectivity index (χ0n) is 15.0. The molecule has 2 aromatic carbocycles. The zero-order chi connectivity index (χ0) is 18.4. The lowest BCUT2D eigenvalue weighted by atomic mass is 9.85. The lowest BCUT2D eigenvalue weighted by Crippen LogP contribution is -2.26. The molecule has 25 heavy (non-hydrogen) atoms. The first-order chi connectivity index (χ1) is 12.0. The fourth-order valence-corrected chi connectivity index (χ4v) is 3.04. The summed E-state index contributed by atoms with van der Waals surface area (Å²) < 4.78 is 10.6. The van der Waals surface area contributed by atoms with Gasteiger partial charge in [-0.3, -0.25) is 4.79 Å². The summed E-state index contributed by atoms with van der Waals surface area (Å²) in [7, 11) is 3.08. The third kappa shape index (κ3) is 4.45. The van der Waals surface area contributed by atoms with Gasteiger partial charge in [0.1, 0.15) is 11.5 Å². The monoisotopic (exact) mass is 361 g/mol. The minimum Gasteiger partial charge on any atom is -0.495 e. The maximum absolute atomic E-state index is 13.0. The summed E-state index contributed by atoms with van der Waals surface area (Å²) in [6, 6.07) is 13.1. The molecule has 2 rings (SSSR count). The molecule has 0 radical (unpaired) electrons. The van der Waals surface area contributed by atoms with Crippen LogP contribution in [0.25, 0.3) is 0 Å². The number of ether oxygens (including phenoxy) is 2. The van der Waals surface area contributed by atoms with Crippen molar-refractivity contribution in [2.45, 2.75) is 26.2 Å². The number of hydrogen-bond acceptors (Lipinski definition) is 3. The molecule has 5 heteroatoms. The SMILES string of the molecule is CCC(C)C(C(=O)Nc1cc(Cl)c(OC)cc1OC)c1ccccc1. The average Bonchev–Trinajstić information content (AvgIpc) is 2.62. The van der Waals surface area contributed by atoms with E-state index in [1.807, 2.05) is 30.3 Å². The van der Waals surface area contributed by atoms with Gasteiger partial charge >= 0.3 is 0 Å². The van der Waals surface area contributed by atoms with E-state index in [1.54, 1.807) is 19.2 Å². The second kappa shape index (κ2) is 8.77. The van der Waals surface area contributed by atoms with E-state index in [0.29, 0.717) is 22.2 Å². The van der Waals surface area contributed by atoms with Crippen molar-refractivity contribution in [1.82, 2.24) is 0 Å². The smallest absolute Gasteiger partial charge is 0.232 e. The van der Waals surface area contributed by atoms with Crippen molar-refractivity contribution in [2.24, 2.45) is 5.92 Å². The van der Waals surface area contributed by atoms with Crippen LogP contribution >= 0.6 is 11.6 Å². The van der Waals surface area contributed by atoms with Gasteiger partial charge < -0.3 is 14.8 Å². The van der Waals surface area contributed by atoms with Crippen LogP contribution in [0.15, 0.2) is 42.5 Å². The number of methoxy groups -OCH3 is 2. The molecule has 2 atom stereocenters. The topological polar surface area (TPSA) is 47.6 Å². The van der Waals surface area contributed by atoms with Crippen LogP contribution in [0, 0.1) is 5.92 Å². The molecule has 4 nitrogen and oxygen atoms in total. The van der Waals surface area contributed by atoms with Gasteiger partial charge in [0.05, 0.1) is 30.8 Å². The number of carbonyl (C=O) groups is 1. The number of nitrogens with one attached hydrogen (secondary N) is 1. The summed E-state index contributed by atoms with van der Waals surface area (Å²) in [5.74, 6) is 0.864. The second-order valence-corrected chi connectivity index (χ2v) is 6.36. The van der Waals surface area contributed by atoms with Crippen molar-refractivity contribution in [3.8, 4) is 11.5 Å². The Bertz CT molecular complexity index is 718. The Hall–Kier alpha value is -2.20. The van der Waals surface area contributed by atoms with Crippen LogP contribution in [0.5, 0.6) is 11.5 Å². The van der Waals surface area contributed by atoms with E-state index in [-0.39, 0.29) is 17.7 Å². The molecule has 1 N–H and O–H groups in total. The van der Waals surface area contributed by atoms with E-state index >= 15 is 0 Å². The Morgan fingerprint density at radius 3 is 2.32 bits per heavy atom. The van der Waals surface area contributed by atoms with Gasteiger partial charge in [-0.15, -0.1) is 0 Å². The summed E-state index contributed by atoms with van der Waals surface area (Å²) in [6.45, 7) is 4.16. The largest absolute Gasteiger partial charge is 0.495 e. The lowest BCUT2D eigenvalue weighted by molar-refractivity contribution is -0.118. The zero-order valence-corrected chi connectivity index (χ0v) is 15.8. The van der Waals surface area contributed by atoms with Crippen LogP contribution in [0.1, 0.15) is 31.7 Å². The number of anilines is 1. The van der Waals surface area contributed by atoms with Crippen LogP contribution < -0.4 is 14.8 Å². The van der Waals surface area contributed by atoms with E-state index in [2.05, 4.69) is 19.2 Å². The van der Waals surface area contributed by atoms with Gasteiger partial charge in [-0.2, -0.15) is 0 Å².